The molecular weight excluding hydrogens is 669 g/mol. The van der Waals surface area contributed by atoms with E-state index in [1.54, 1.807) is 0 Å². The summed E-state index contributed by atoms with van der Waals surface area (Å²) in [4.78, 5) is 16.3. The molecule has 4 heteroatoms. The van der Waals surface area contributed by atoms with Crippen molar-refractivity contribution in [3.8, 4) is 44.6 Å². The van der Waals surface area contributed by atoms with Gasteiger partial charge in [-0.2, -0.15) is 0 Å². The third-order valence-electron chi connectivity index (χ3n) is 10.4. The van der Waals surface area contributed by atoms with Gasteiger partial charge in [0.25, 0.3) is 0 Å². The number of hydrogen-bond donors (Lipinski definition) is 0. The molecule has 0 aliphatic carbocycles. The fourth-order valence-electron chi connectivity index (χ4n) is 7.63. The highest BCUT2D eigenvalue weighted by atomic mass is 15.1. The highest BCUT2D eigenvalue weighted by molar-refractivity contribution is 6.09. The minimum atomic E-state index is 0.875. The molecule has 0 radical (unpaired) electrons. The number of benzene rings is 7. The molecule has 0 unspecified atom stereocenters. The molecule has 0 aliphatic rings. The molecule has 258 valence electrons. The minimum absolute atomic E-state index is 0.875. The smallest absolute Gasteiger partial charge is 0.0965 e. The molecule has 0 N–H and O–H groups in total. The largest absolute Gasteiger partial charge is 0.310 e. The summed E-state index contributed by atoms with van der Waals surface area (Å²) >= 11 is 0. The highest BCUT2D eigenvalue weighted by Gasteiger charge is 2.16. The van der Waals surface area contributed by atoms with E-state index in [2.05, 4.69) is 180 Å². The Labute approximate surface area is 319 Å². The van der Waals surface area contributed by atoms with Crippen LogP contribution in [-0.4, -0.2) is 15.0 Å². The summed E-state index contributed by atoms with van der Waals surface area (Å²) in [6, 6.07) is 66.8. The van der Waals surface area contributed by atoms with Crippen molar-refractivity contribution >= 4 is 49.6 Å². The van der Waals surface area contributed by atoms with Crippen LogP contribution in [0.5, 0.6) is 0 Å². The van der Waals surface area contributed by atoms with E-state index in [9.17, 15) is 0 Å². The third kappa shape index (κ3) is 6.16. The van der Waals surface area contributed by atoms with Crippen LogP contribution in [0, 0.1) is 0 Å². The number of anilines is 3. The van der Waals surface area contributed by atoms with Gasteiger partial charge in [-0.1, -0.05) is 115 Å². The Morgan fingerprint density at radius 1 is 0.364 bits per heavy atom. The van der Waals surface area contributed by atoms with Crippen molar-refractivity contribution in [1.29, 1.82) is 0 Å². The first kappa shape index (κ1) is 32.2. The van der Waals surface area contributed by atoms with Crippen LogP contribution in [0.3, 0.4) is 0 Å². The van der Waals surface area contributed by atoms with Gasteiger partial charge < -0.3 is 4.90 Å². The van der Waals surface area contributed by atoms with Crippen LogP contribution in [-0.2, 0) is 0 Å². The Hall–Kier alpha value is -7.43. The molecule has 0 amide bonds. The summed E-state index contributed by atoms with van der Waals surface area (Å²) in [5, 5.41) is 4.86. The molecule has 10 rings (SSSR count). The van der Waals surface area contributed by atoms with E-state index in [1.807, 2.05) is 36.8 Å². The molecule has 0 spiro atoms. The van der Waals surface area contributed by atoms with Crippen LogP contribution in [0.15, 0.2) is 207 Å². The first-order chi connectivity index (χ1) is 27.2. The Balaban J connectivity index is 1.06. The number of rotatable bonds is 7. The summed E-state index contributed by atoms with van der Waals surface area (Å²) in [6.07, 6.45) is 5.52. The number of aromatic nitrogens is 3. The summed E-state index contributed by atoms with van der Waals surface area (Å²) < 4.78 is 0. The summed E-state index contributed by atoms with van der Waals surface area (Å²) in [5.41, 5.74) is 13.9. The molecule has 3 heterocycles. The lowest BCUT2D eigenvalue weighted by molar-refractivity contribution is 1.28. The predicted molar refractivity (Wildman–Crippen MR) is 229 cm³/mol. The number of pyridine rings is 3. The zero-order valence-electron chi connectivity index (χ0n) is 29.9. The van der Waals surface area contributed by atoms with E-state index in [0.29, 0.717) is 0 Å². The number of nitrogens with zero attached hydrogens (tertiary/aromatic N) is 4. The van der Waals surface area contributed by atoms with Crippen molar-refractivity contribution in [2.75, 3.05) is 4.90 Å². The van der Waals surface area contributed by atoms with Crippen LogP contribution in [0.4, 0.5) is 17.1 Å². The highest BCUT2D eigenvalue weighted by Crippen LogP contribution is 2.40. The van der Waals surface area contributed by atoms with Crippen molar-refractivity contribution < 1.29 is 0 Å². The van der Waals surface area contributed by atoms with Gasteiger partial charge >= 0.3 is 0 Å². The topological polar surface area (TPSA) is 41.9 Å². The van der Waals surface area contributed by atoms with Gasteiger partial charge in [0.2, 0.25) is 0 Å². The fourth-order valence-corrected chi connectivity index (χ4v) is 7.63. The van der Waals surface area contributed by atoms with Crippen LogP contribution >= 0.6 is 0 Å². The molecule has 3 aromatic heterocycles. The second-order valence-corrected chi connectivity index (χ2v) is 13.7. The van der Waals surface area contributed by atoms with Crippen LogP contribution in [0.1, 0.15) is 0 Å². The maximum absolute atomic E-state index is 5.06. The van der Waals surface area contributed by atoms with Gasteiger partial charge in [-0.05, 0) is 122 Å². The Bertz CT molecular complexity index is 2950. The molecule has 0 bridgehead atoms. The predicted octanol–water partition coefficient (Wildman–Crippen LogP) is 13.5. The van der Waals surface area contributed by atoms with Crippen molar-refractivity contribution in [1.82, 2.24) is 15.0 Å². The van der Waals surface area contributed by atoms with Gasteiger partial charge in [-0.15, -0.1) is 0 Å². The molecule has 0 fully saturated rings. The maximum atomic E-state index is 5.06. The van der Waals surface area contributed by atoms with Crippen LogP contribution in [0.25, 0.3) is 77.2 Å². The average molecular weight is 703 g/mol. The number of hydrogen-bond acceptors (Lipinski definition) is 4. The van der Waals surface area contributed by atoms with Crippen molar-refractivity contribution in [2.45, 2.75) is 0 Å². The van der Waals surface area contributed by atoms with E-state index in [1.165, 1.54) is 38.2 Å². The molecule has 0 aliphatic heterocycles. The van der Waals surface area contributed by atoms with Gasteiger partial charge in [0, 0.05) is 46.8 Å². The zero-order valence-corrected chi connectivity index (χ0v) is 29.9. The summed E-state index contributed by atoms with van der Waals surface area (Å²) in [7, 11) is 0. The molecule has 10 aromatic rings. The molecule has 0 atom stereocenters. The lowest BCUT2D eigenvalue weighted by atomic mass is 9.97. The average Bonchev–Trinajstić information content (AvgIpc) is 3.27. The van der Waals surface area contributed by atoms with E-state index in [0.717, 1.165) is 56.0 Å². The Morgan fingerprint density at radius 3 is 1.64 bits per heavy atom. The molecule has 55 heavy (non-hydrogen) atoms. The van der Waals surface area contributed by atoms with Gasteiger partial charge in [0.05, 0.1) is 16.7 Å². The van der Waals surface area contributed by atoms with Crippen LogP contribution < -0.4 is 4.90 Å². The monoisotopic (exact) mass is 702 g/mol. The SMILES string of the molecule is c1ccc(-c2ccc(N(c3ccc(-c4cc(-c5ccccc5)c5ncccc5n4)cc3)c3ccc4c(ccc5cc(-c6ccncc6)ccc54)c3)cc2)cc1. The standard InChI is InChI=1S/C51H34N4/c1-3-8-35(9-4-1)36-15-20-43(21-16-36)55(45-24-26-47-42(33-45)14-13-41-32-40(19-25-46(41)47)37-27-30-52-31-28-37)44-22-17-39(18-23-44)50-34-48(38-10-5-2-6-11-38)51-49(54-50)12-7-29-53-51/h1-34H. The van der Waals surface area contributed by atoms with Crippen LogP contribution in [0.2, 0.25) is 0 Å². The van der Waals surface area contributed by atoms with Crippen molar-refractivity contribution in [3.05, 3.63) is 207 Å². The second kappa shape index (κ2) is 13.8. The van der Waals surface area contributed by atoms with Gasteiger partial charge in [-0.25, -0.2) is 4.98 Å². The molecule has 0 saturated heterocycles. The molecule has 7 aromatic carbocycles. The van der Waals surface area contributed by atoms with E-state index < -0.39 is 0 Å². The van der Waals surface area contributed by atoms with E-state index in [4.69, 9.17) is 9.97 Å². The third-order valence-corrected chi connectivity index (χ3v) is 10.4. The first-order valence-corrected chi connectivity index (χ1v) is 18.5. The second-order valence-electron chi connectivity index (χ2n) is 13.7. The normalized spacial score (nSPS) is 11.3. The van der Waals surface area contributed by atoms with Gasteiger partial charge in [0.1, 0.15) is 0 Å². The summed E-state index contributed by atoms with van der Waals surface area (Å²) in [5.74, 6) is 0. The Morgan fingerprint density at radius 2 is 0.927 bits per heavy atom. The molecule has 4 nitrogen and oxygen atoms in total. The van der Waals surface area contributed by atoms with Gasteiger partial charge in [-0.3, -0.25) is 9.97 Å². The Kier molecular flexibility index (Phi) is 8.12. The lowest BCUT2D eigenvalue weighted by Crippen LogP contribution is -2.10. The van der Waals surface area contributed by atoms with E-state index >= 15 is 0 Å². The van der Waals surface area contributed by atoms with Crippen molar-refractivity contribution in [2.24, 2.45) is 0 Å². The maximum Gasteiger partial charge on any atom is 0.0965 e. The molecule has 0 saturated carbocycles. The van der Waals surface area contributed by atoms with Gasteiger partial charge in [0.15, 0.2) is 0 Å². The first-order valence-electron chi connectivity index (χ1n) is 18.5. The quantitative estimate of drug-likeness (QED) is 0.155. The zero-order chi connectivity index (χ0) is 36.6. The molecular formula is C51H34N4. The lowest BCUT2D eigenvalue weighted by Gasteiger charge is -2.26. The summed E-state index contributed by atoms with van der Waals surface area (Å²) in [6.45, 7) is 0. The number of fused-ring (bicyclic) bond motifs is 4. The van der Waals surface area contributed by atoms with E-state index in [-0.39, 0.29) is 0 Å². The van der Waals surface area contributed by atoms with Crippen molar-refractivity contribution in [3.63, 3.8) is 0 Å². The fraction of sp³-hybridized carbons (Fsp3) is 0. The minimum Gasteiger partial charge on any atom is -0.310 e.